The van der Waals surface area contributed by atoms with E-state index in [-0.39, 0.29) is 28.5 Å². The quantitative estimate of drug-likeness (QED) is 0.632. The highest BCUT2D eigenvalue weighted by molar-refractivity contribution is 7.14. The molecule has 30 heavy (non-hydrogen) atoms. The lowest BCUT2D eigenvalue weighted by Gasteiger charge is -2.56. The molecule has 5 nitrogen and oxygen atoms in total. The standard InChI is InChI=1S/C22H23Cl2N3O2S/c23-15-1-2-16(17(24)6-15)20(29)25-10-19(28)27-21-26-18(11-30-21)22-7-12-3-13(8-22)5-14(4-12)9-22/h1-2,6,11-14H,3-5,7-10H2,(H,25,29)(H,26,27,28). The fourth-order valence-electron chi connectivity index (χ4n) is 6.09. The summed E-state index contributed by atoms with van der Waals surface area (Å²) in [5.41, 5.74) is 1.65. The fourth-order valence-corrected chi connectivity index (χ4v) is 7.44. The Labute approximate surface area is 189 Å². The molecule has 0 spiro atoms. The molecular weight excluding hydrogens is 441 g/mol. The molecular formula is C22H23Cl2N3O2S. The molecule has 0 aliphatic heterocycles. The van der Waals surface area contributed by atoms with Crippen molar-refractivity contribution in [1.29, 1.82) is 0 Å². The van der Waals surface area contributed by atoms with Crippen molar-refractivity contribution in [3.05, 3.63) is 44.9 Å². The van der Waals surface area contributed by atoms with Gasteiger partial charge in [-0.25, -0.2) is 4.98 Å². The Morgan fingerprint density at radius 2 is 1.77 bits per heavy atom. The maximum atomic E-state index is 12.3. The van der Waals surface area contributed by atoms with E-state index in [9.17, 15) is 9.59 Å². The van der Waals surface area contributed by atoms with Crippen molar-refractivity contribution in [2.75, 3.05) is 11.9 Å². The Kier molecular flexibility index (Phi) is 5.28. The van der Waals surface area contributed by atoms with Gasteiger partial charge in [0.1, 0.15) is 0 Å². The first-order valence-corrected chi connectivity index (χ1v) is 12.0. The molecule has 6 rings (SSSR count). The number of nitrogens with zero attached hydrogens (tertiary/aromatic N) is 1. The van der Waals surface area contributed by atoms with E-state index in [0.29, 0.717) is 10.2 Å². The molecule has 1 heterocycles. The molecule has 4 saturated carbocycles. The zero-order valence-corrected chi connectivity index (χ0v) is 18.7. The molecule has 0 radical (unpaired) electrons. The molecule has 4 fully saturated rings. The lowest BCUT2D eigenvalue weighted by atomic mass is 9.49. The number of nitrogens with one attached hydrogen (secondary N) is 2. The van der Waals surface area contributed by atoms with Gasteiger partial charge in [-0.1, -0.05) is 23.2 Å². The third-order valence-corrected chi connectivity index (χ3v) is 8.22. The van der Waals surface area contributed by atoms with Crippen LogP contribution in [0.25, 0.3) is 0 Å². The van der Waals surface area contributed by atoms with Gasteiger partial charge in [-0.3, -0.25) is 9.59 Å². The Morgan fingerprint density at radius 3 is 2.40 bits per heavy atom. The largest absolute Gasteiger partial charge is 0.343 e. The number of amides is 2. The average Bonchev–Trinajstić information content (AvgIpc) is 3.14. The molecule has 4 bridgehead atoms. The first kappa shape index (κ1) is 20.3. The van der Waals surface area contributed by atoms with Gasteiger partial charge >= 0.3 is 0 Å². The number of aromatic nitrogens is 1. The van der Waals surface area contributed by atoms with Crippen LogP contribution in [-0.4, -0.2) is 23.3 Å². The zero-order chi connectivity index (χ0) is 20.9. The minimum atomic E-state index is -0.416. The highest BCUT2D eigenvalue weighted by Crippen LogP contribution is 2.60. The normalized spacial score (nSPS) is 29.1. The number of thiazole rings is 1. The SMILES string of the molecule is O=C(CNC(=O)c1ccc(Cl)cc1Cl)Nc1nc(C23CC4CC(CC(C4)C2)C3)cs1. The Morgan fingerprint density at radius 1 is 1.10 bits per heavy atom. The molecule has 0 unspecified atom stereocenters. The summed E-state index contributed by atoms with van der Waals surface area (Å²) in [6.45, 7) is -0.149. The number of anilines is 1. The van der Waals surface area contributed by atoms with Crippen LogP contribution in [0.5, 0.6) is 0 Å². The van der Waals surface area contributed by atoms with Gasteiger partial charge in [0, 0.05) is 15.8 Å². The summed E-state index contributed by atoms with van der Waals surface area (Å²) < 4.78 is 0. The van der Waals surface area contributed by atoms with Gasteiger partial charge < -0.3 is 10.6 Å². The summed E-state index contributed by atoms with van der Waals surface area (Å²) in [6.07, 6.45) is 7.91. The van der Waals surface area contributed by atoms with Crippen LogP contribution in [0.2, 0.25) is 10.0 Å². The number of halogens is 2. The van der Waals surface area contributed by atoms with Gasteiger partial charge in [-0.15, -0.1) is 11.3 Å². The molecule has 4 aliphatic rings. The summed E-state index contributed by atoms with van der Waals surface area (Å²) >= 11 is 13.4. The topological polar surface area (TPSA) is 71.1 Å². The van der Waals surface area contributed by atoms with Crippen molar-refractivity contribution in [3.63, 3.8) is 0 Å². The monoisotopic (exact) mass is 463 g/mol. The molecule has 0 saturated heterocycles. The second-order valence-electron chi connectivity index (χ2n) is 9.09. The van der Waals surface area contributed by atoms with Crippen molar-refractivity contribution in [3.8, 4) is 0 Å². The smallest absolute Gasteiger partial charge is 0.253 e. The molecule has 158 valence electrons. The molecule has 8 heteroatoms. The third-order valence-electron chi connectivity index (χ3n) is 6.92. The second-order valence-corrected chi connectivity index (χ2v) is 10.8. The van der Waals surface area contributed by atoms with Gasteiger partial charge in [-0.2, -0.15) is 0 Å². The summed E-state index contributed by atoms with van der Waals surface area (Å²) in [5.74, 6) is 1.84. The number of benzene rings is 1. The number of hydrogen-bond acceptors (Lipinski definition) is 4. The van der Waals surface area contributed by atoms with E-state index in [4.69, 9.17) is 28.2 Å². The predicted octanol–water partition coefficient (Wildman–Crippen LogP) is 5.29. The minimum Gasteiger partial charge on any atom is -0.343 e. The van der Waals surface area contributed by atoms with Crippen LogP contribution in [0.15, 0.2) is 23.6 Å². The van der Waals surface area contributed by atoms with Crippen LogP contribution >= 0.6 is 34.5 Å². The van der Waals surface area contributed by atoms with E-state index in [1.54, 1.807) is 6.07 Å². The first-order chi connectivity index (χ1) is 14.4. The third kappa shape index (κ3) is 3.85. The van der Waals surface area contributed by atoms with E-state index in [1.807, 2.05) is 0 Å². The van der Waals surface area contributed by atoms with E-state index in [2.05, 4.69) is 16.0 Å². The van der Waals surface area contributed by atoms with E-state index in [1.165, 1.54) is 62.0 Å². The van der Waals surface area contributed by atoms with Gasteiger partial charge in [0.25, 0.3) is 5.91 Å². The lowest BCUT2D eigenvalue weighted by Crippen LogP contribution is -2.48. The zero-order valence-electron chi connectivity index (χ0n) is 16.4. The van der Waals surface area contributed by atoms with Crippen molar-refractivity contribution >= 4 is 51.5 Å². The summed E-state index contributed by atoms with van der Waals surface area (Å²) in [7, 11) is 0. The van der Waals surface area contributed by atoms with Crippen molar-refractivity contribution in [2.24, 2.45) is 17.8 Å². The molecule has 2 amide bonds. The summed E-state index contributed by atoms with van der Waals surface area (Å²) in [6, 6.07) is 4.63. The Balaban J connectivity index is 1.20. The van der Waals surface area contributed by atoms with Crippen LogP contribution in [0.3, 0.4) is 0 Å². The second kappa shape index (κ2) is 7.81. The first-order valence-electron chi connectivity index (χ1n) is 10.4. The highest BCUT2D eigenvalue weighted by Gasteiger charge is 2.52. The Bertz CT molecular complexity index is 971. The fraction of sp³-hybridized carbons (Fsp3) is 0.500. The molecule has 0 atom stereocenters. The van der Waals surface area contributed by atoms with Crippen LogP contribution in [0.4, 0.5) is 5.13 Å². The van der Waals surface area contributed by atoms with Crippen molar-refractivity contribution < 1.29 is 9.59 Å². The molecule has 1 aromatic carbocycles. The maximum Gasteiger partial charge on any atom is 0.253 e. The molecule has 2 aromatic rings. The van der Waals surface area contributed by atoms with Crippen molar-refractivity contribution in [2.45, 2.75) is 43.9 Å². The maximum absolute atomic E-state index is 12.3. The number of carbonyl (C=O) groups excluding carboxylic acids is 2. The molecule has 2 N–H and O–H groups in total. The van der Waals surface area contributed by atoms with Gasteiger partial charge in [0.05, 0.1) is 22.8 Å². The highest BCUT2D eigenvalue weighted by atomic mass is 35.5. The van der Waals surface area contributed by atoms with Gasteiger partial charge in [0.2, 0.25) is 5.91 Å². The predicted molar refractivity (Wildman–Crippen MR) is 119 cm³/mol. The number of carbonyl (C=O) groups is 2. The Hall–Kier alpha value is -1.63. The minimum absolute atomic E-state index is 0.149. The van der Waals surface area contributed by atoms with E-state index >= 15 is 0 Å². The van der Waals surface area contributed by atoms with E-state index < -0.39 is 5.91 Å². The van der Waals surface area contributed by atoms with Gasteiger partial charge in [0.15, 0.2) is 5.13 Å². The van der Waals surface area contributed by atoms with Crippen LogP contribution < -0.4 is 10.6 Å². The number of hydrogen-bond donors (Lipinski definition) is 2. The molecule has 4 aliphatic carbocycles. The molecule has 1 aromatic heterocycles. The van der Waals surface area contributed by atoms with Crippen LogP contribution in [0.1, 0.15) is 54.6 Å². The summed E-state index contributed by atoms with van der Waals surface area (Å²) in [5, 5.41) is 8.84. The van der Waals surface area contributed by atoms with E-state index in [0.717, 1.165) is 23.4 Å². The number of rotatable bonds is 5. The summed E-state index contributed by atoms with van der Waals surface area (Å²) in [4.78, 5) is 29.4. The van der Waals surface area contributed by atoms with Crippen LogP contribution in [0, 0.1) is 17.8 Å². The van der Waals surface area contributed by atoms with Crippen molar-refractivity contribution in [1.82, 2.24) is 10.3 Å². The van der Waals surface area contributed by atoms with Crippen LogP contribution in [-0.2, 0) is 10.2 Å². The van der Waals surface area contributed by atoms with Gasteiger partial charge in [-0.05, 0) is 74.5 Å². The average molecular weight is 464 g/mol. The lowest BCUT2D eigenvalue weighted by molar-refractivity contribution is -0.115.